The molecule has 0 aromatic rings. The number of rotatable bonds is 3. The summed E-state index contributed by atoms with van der Waals surface area (Å²) in [5.74, 6) is 2.26. The zero-order chi connectivity index (χ0) is 9.97. The van der Waals surface area contributed by atoms with Crippen LogP contribution in [0.5, 0.6) is 0 Å². The van der Waals surface area contributed by atoms with Gasteiger partial charge in [-0.05, 0) is 43.9 Å². The summed E-state index contributed by atoms with van der Waals surface area (Å²) in [4.78, 5) is 11.1. The van der Waals surface area contributed by atoms with Crippen LogP contribution in [-0.2, 0) is 9.53 Å². The van der Waals surface area contributed by atoms with Crippen LogP contribution in [0.15, 0.2) is 12.2 Å². The van der Waals surface area contributed by atoms with Gasteiger partial charge in [-0.2, -0.15) is 0 Å². The van der Waals surface area contributed by atoms with Crippen molar-refractivity contribution in [2.24, 2.45) is 17.8 Å². The van der Waals surface area contributed by atoms with E-state index in [1.807, 2.05) is 6.92 Å². The molecule has 0 N–H and O–H groups in total. The van der Waals surface area contributed by atoms with Crippen LogP contribution in [0.3, 0.4) is 0 Å². The predicted octanol–water partition coefficient (Wildman–Crippen LogP) is 2.54. The molecule has 2 heteroatoms. The van der Waals surface area contributed by atoms with Gasteiger partial charge in [0.2, 0.25) is 0 Å². The van der Waals surface area contributed by atoms with Crippen molar-refractivity contribution in [1.82, 2.24) is 0 Å². The molecule has 0 saturated heterocycles. The molecule has 0 spiro atoms. The highest BCUT2D eigenvalue weighted by atomic mass is 16.5. The second-order valence-corrected chi connectivity index (χ2v) is 4.45. The number of esters is 1. The first-order valence-electron chi connectivity index (χ1n) is 5.64. The smallest absolute Gasteiger partial charge is 0.330 e. The van der Waals surface area contributed by atoms with Crippen molar-refractivity contribution in [3.8, 4) is 0 Å². The Kier molecular flexibility index (Phi) is 2.90. The van der Waals surface area contributed by atoms with Crippen LogP contribution in [0.2, 0.25) is 0 Å². The Morgan fingerprint density at radius 1 is 1.43 bits per heavy atom. The monoisotopic (exact) mass is 194 g/mol. The van der Waals surface area contributed by atoms with E-state index in [2.05, 4.69) is 6.08 Å². The number of fused-ring (bicyclic) bond motifs is 2. The zero-order valence-electron chi connectivity index (χ0n) is 8.74. The lowest BCUT2D eigenvalue weighted by molar-refractivity contribution is -0.137. The molecule has 3 atom stereocenters. The molecule has 2 rings (SSSR count). The summed E-state index contributed by atoms with van der Waals surface area (Å²) >= 11 is 0. The van der Waals surface area contributed by atoms with Crippen molar-refractivity contribution in [2.75, 3.05) is 6.61 Å². The van der Waals surface area contributed by atoms with Gasteiger partial charge < -0.3 is 4.74 Å². The molecule has 78 valence electrons. The predicted molar refractivity (Wildman–Crippen MR) is 54.7 cm³/mol. The van der Waals surface area contributed by atoms with E-state index in [1.54, 1.807) is 6.08 Å². The quantitative estimate of drug-likeness (QED) is 0.510. The molecule has 0 aliphatic heterocycles. The van der Waals surface area contributed by atoms with Crippen molar-refractivity contribution < 1.29 is 9.53 Å². The van der Waals surface area contributed by atoms with Gasteiger partial charge in [-0.25, -0.2) is 4.79 Å². The Balaban J connectivity index is 1.83. The summed E-state index contributed by atoms with van der Waals surface area (Å²) in [7, 11) is 0. The van der Waals surface area contributed by atoms with E-state index in [-0.39, 0.29) is 5.97 Å². The Morgan fingerprint density at radius 3 is 2.86 bits per heavy atom. The van der Waals surface area contributed by atoms with Crippen LogP contribution < -0.4 is 0 Å². The minimum absolute atomic E-state index is 0.185. The van der Waals surface area contributed by atoms with E-state index in [9.17, 15) is 4.79 Å². The van der Waals surface area contributed by atoms with Crippen LogP contribution in [0.1, 0.15) is 32.6 Å². The maximum absolute atomic E-state index is 11.1. The van der Waals surface area contributed by atoms with Crippen LogP contribution in [0, 0.1) is 17.8 Å². The first kappa shape index (κ1) is 9.75. The first-order chi connectivity index (χ1) is 6.79. The molecule has 0 amide bonds. The molecule has 2 aliphatic carbocycles. The fraction of sp³-hybridized carbons (Fsp3) is 0.750. The second kappa shape index (κ2) is 4.16. The van der Waals surface area contributed by atoms with E-state index in [1.165, 1.54) is 25.7 Å². The Morgan fingerprint density at radius 2 is 2.29 bits per heavy atom. The fourth-order valence-corrected chi connectivity index (χ4v) is 2.92. The van der Waals surface area contributed by atoms with Crippen LogP contribution in [0.25, 0.3) is 0 Å². The molecule has 2 aliphatic rings. The van der Waals surface area contributed by atoms with E-state index in [0.717, 1.165) is 11.8 Å². The van der Waals surface area contributed by atoms with Gasteiger partial charge in [-0.3, -0.25) is 0 Å². The molecule has 0 heterocycles. The molecular formula is C12H18O2. The molecule has 0 radical (unpaired) electrons. The van der Waals surface area contributed by atoms with Crippen molar-refractivity contribution >= 4 is 5.97 Å². The summed E-state index contributed by atoms with van der Waals surface area (Å²) in [6, 6.07) is 0. The standard InChI is InChI=1S/C12H18O2/c1-2-14-12(13)6-5-11-8-9-3-4-10(11)7-9/h5-6,9-11H,2-4,7-8H2,1H3/b6-5+. The summed E-state index contributed by atoms with van der Waals surface area (Å²) in [6.07, 6.45) is 9.14. The van der Waals surface area contributed by atoms with E-state index >= 15 is 0 Å². The van der Waals surface area contributed by atoms with Crippen molar-refractivity contribution in [2.45, 2.75) is 32.6 Å². The average molecular weight is 194 g/mol. The highest BCUT2D eigenvalue weighted by molar-refractivity contribution is 5.81. The van der Waals surface area contributed by atoms with Gasteiger partial charge in [-0.15, -0.1) is 0 Å². The minimum atomic E-state index is -0.185. The first-order valence-corrected chi connectivity index (χ1v) is 5.64. The van der Waals surface area contributed by atoms with E-state index < -0.39 is 0 Å². The fourth-order valence-electron chi connectivity index (χ4n) is 2.92. The maximum Gasteiger partial charge on any atom is 0.330 e. The lowest BCUT2D eigenvalue weighted by Gasteiger charge is -2.17. The van der Waals surface area contributed by atoms with Gasteiger partial charge in [0.15, 0.2) is 0 Å². The highest BCUT2D eigenvalue weighted by Crippen LogP contribution is 2.48. The largest absolute Gasteiger partial charge is 0.463 e. The van der Waals surface area contributed by atoms with Crippen molar-refractivity contribution in [3.05, 3.63) is 12.2 Å². The SMILES string of the molecule is CCOC(=O)/C=C/C1CC2CCC1C2. The Labute approximate surface area is 85.3 Å². The van der Waals surface area contributed by atoms with Gasteiger partial charge in [0.05, 0.1) is 6.61 Å². The van der Waals surface area contributed by atoms with Crippen LogP contribution in [-0.4, -0.2) is 12.6 Å². The molecule has 0 aromatic heterocycles. The summed E-state index contributed by atoms with van der Waals surface area (Å²) in [5, 5.41) is 0. The minimum Gasteiger partial charge on any atom is -0.463 e. The number of hydrogen-bond acceptors (Lipinski definition) is 2. The Bertz CT molecular complexity index is 245. The summed E-state index contributed by atoms with van der Waals surface area (Å²) < 4.78 is 4.86. The number of carbonyl (C=O) groups is 1. The maximum atomic E-state index is 11.1. The summed E-state index contributed by atoms with van der Waals surface area (Å²) in [5.41, 5.74) is 0. The van der Waals surface area contributed by atoms with Crippen molar-refractivity contribution in [3.63, 3.8) is 0 Å². The number of ether oxygens (including phenoxy) is 1. The third kappa shape index (κ3) is 1.99. The van der Waals surface area contributed by atoms with Gasteiger partial charge in [0.25, 0.3) is 0 Å². The summed E-state index contributed by atoms with van der Waals surface area (Å²) in [6.45, 7) is 2.31. The van der Waals surface area contributed by atoms with Crippen LogP contribution in [0.4, 0.5) is 0 Å². The van der Waals surface area contributed by atoms with Gasteiger partial charge in [-0.1, -0.05) is 12.5 Å². The topological polar surface area (TPSA) is 26.3 Å². The van der Waals surface area contributed by atoms with E-state index in [0.29, 0.717) is 12.5 Å². The molecule has 14 heavy (non-hydrogen) atoms. The molecule has 2 fully saturated rings. The molecule has 2 saturated carbocycles. The third-order valence-electron chi connectivity index (χ3n) is 3.56. The van der Waals surface area contributed by atoms with Crippen LogP contribution >= 0.6 is 0 Å². The molecular weight excluding hydrogens is 176 g/mol. The van der Waals surface area contributed by atoms with Gasteiger partial charge in [0, 0.05) is 6.08 Å². The number of hydrogen-bond donors (Lipinski definition) is 0. The van der Waals surface area contributed by atoms with Gasteiger partial charge >= 0.3 is 5.97 Å². The number of carbonyl (C=O) groups excluding carboxylic acids is 1. The molecule has 3 unspecified atom stereocenters. The molecule has 2 nitrogen and oxygen atoms in total. The van der Waals surface area contributed by atoms with Gasteiger partial charge in [0.1, 0.15) is 0 Å². The molecule has 0 aromatic carbocycles. The normalized spacial score (nSPS) is 35.4. The Hall–Kier alpha value is -0.790. The zero-order valence-corrected chi connectivity index (χ0v) is 8.74. The van der Waals surface area contributed by atoms with Crippen molar-refractivity contribution in [1.29, 1.82) is 0 Å². The number of allylic oxidation sites excluding steroid dienone is 1. The van der Waals surface area contributed by atoms with E-state index in [4.69, 9.17) is 4.74 Å². The average Bonchev–Trinajstić information content (AvgIpc) is 2.76. The highest BCUT2D eigenvalue weighted by Gasteiger charge is 2.37. The lowest BCUT2D eigenvalue weighted by Crippen LogP contribution is -2.08. The lowest BCUT2D eigenvalue weighted by atomic mass is 9.89. The second-order valence-electron chi connectivity index (χ2n) is 4.45. The molecule has 2 bridgehead atoms. The third-order valence-corrected chi connectivity index (χ3v) is 3.56.